The van der Waals surface area contributed by atoms with Crippen molar-refractivity contribution >= 4 is 33.9 Å². The number of pyridine rings is 1. The van der Waals surface area contributed by atoms with E-state index in [2.05, 4.69) is 15.6 Å². The molecule has 2 N–H and O–H groups in total. The van der Waals surface area contributed by atoms with Crippen LogP contribution >= 0.6 is 0 Å². The van der Waals surface area contributed by atoms with Crippen molar-refractivity contribution in [1.29, 1.82) is 0 Å². The van der Waals surface area contributed by atoms with Gasteiger partial charge in [0.1, 0.15) is 0 Å². The number of nitro benzene ring substituents is 1. The van der Waals surface area contributed by atoms with E-state index in [-0.39, 0.29) is 23.6 Å². The fourth-order valence-corrected chi connectivity index (χ4v) is 3.39. The molecule has 0 aliphatic heterocycles. The SMILES string of the molecule is Cc1cc(NC(C)c2ccc(NC(=O)C3CC3)cc2)c2cccc([N+](=O)[O-])c2n1. The monoisotopic (exact) mass is 390 g/mol. The number of rotatable bonds is 6. The van der Waals surface area contributed by atoms with E-state index < -0.39 is 4.92 Å². The minimum atomic E-state index is -0.406. The molecule has 7 heteroatoms. The van der Waals surface area contributed by atoms with Crippen LogP contribution in [0.25, 0.3) is 10.9 Å². The Morgan fingerprint density at radius 3 is 2.59 bits per heavy atom. The minimum absolute atomic E-state index is 0.00217. The summed E-state index contributed by atoms with van der Waals surface area (Å²) in [4.78, 5) is 27.2. The lowest BCUT2D eigenvalue weighted by Gasteiger charge is -2.18. The van der Waals surface area contributed by atoms with Gasteiger partial charge in [0.2, 0.25) is 5.91 Å². The number of carbonyl (C=O) groups is 1. The molecule has 1 aliphatic rings. The number of nitrogens with one attached hydrogen (secondary N) is 2. The fraction of sp³-hybridized carbons (Fsp3) is 0.273. The third-order valence-corrected chi connectivity index (χ3v) is 5.14. The van der Waals surface area contributed by atoms with Crippen molar-refractivity contribution in [3.63, 3.8) is 0 Å². The summed E-state index contributed by atoms with van der Waals surface area (Å²) < 4.78 is 0. The van der Waals surface area contributed by atoms with Crippen molar-refractivity contribution in [2.75, 3.05) is 10.6 Å². The molecule has 7 nitrogen and oxygen atoms in total. The molecule has 1 unspecified atom stereocenters. The Kier molecular flexibility index (Phi) is 4.88. The first-order valence-electron chi connectivity index (χ1n) is 9.64. The van der Waals surface area contributed by atoms with E-state index in [1.165, 1.54) is 6.07 Å². The summed E-state index contributed by atoms with van der Waals surface area (Å²) in [5.74, 6) is 0.256. The van der Waals surface area contributed by atoms with E-state index in [1.807, 2.05) is 50.2 Å². The van der Waals surface area contributed by atoms with E-state index in [0.29, 0.717) is 16.6 Å². The van der Waals surface area contributed by atoms with E-state index in [1.54, 1.807) is 6.07 Å². The van der Waals surface area contributed by atoms with Gasteiger partial charge in [-0.1, -0.05) is 24.3 Å². The molecule has 1 aromatic heterocycles. The molecule has 1 saturated carbocycles. The number of carbonyl (C=O) groups excluding carboxylic acids is 1. The van der Waals surface area contributed by atoms with Gasteiger partial charge in [0.15, 0.2) is 5.52 Å². The van der Waals surface area contributed by atoms with Crippen molar-refractivity contribution in [1.82, 2.24) is 4.98 Å². The van der Waals surface area contributed by atoms with Gasteiger partial charge in [0.25, 0.3) is 5.69 Å². The number of aryl methyl sites for hydroxylation is 1. The lowest BCUT2D eigenvalue weighted by molar-refractivity contribution is -0.383. The zero-order chi connectivity index (χ0) is 20.5. The number of amides is 1. The molecule has 3 aromatic rings. The van der Waals surface area contributed by atoms with E-state index in [4.69, 9.17) is 0 Å². The third kappa shape index (κ3) is 4.03. The zero-order valence-electron chi connectivity index (χ0n) is 16.3. The van der Waals surface area contributed by atoms with Crippen LogP contribution in [0, 0.1) is 23.0 Å². The molecule has 1 fully saturated rings. The highest BCUT2D eigenvalue weighted by molar-refractivity contribution is 5.97. The van der Waals surface area contributed by atoms with Crippen LogP contribution in [0.4, 0.5) is 17.1 Å². The van der Waals surface area contributed by atoms with Gasteiger partial charge in [-0.3, -0.25) is 14.9 Å². The van der Waals surface area contributed by atoms with Gasteiger partial charge in [-0.25, -0.2) is 4.98 Å². The maximum atomic E-state index is 11.9. The molecule has 1 heterocycles. The van der Waals surface area contributed by atoms with E-state index in [0.717, 1.165) is 29.8 Å². The minimum Gasteiger partial charge on any atom is -0.378 e. The lowest BCUT2D eigenvalue weighted by atomic mass is 10.1. The zero-order valence-corrected chi connectivity index (χ0v) is 16.3. The molecule has 0 saturated heterocycles. The normalized spacial score (nSPS) is 14.4. The van der Waals surface area contributed by atoms with Gasteiger partial charge in [0, 0.05) is 40.5 Å². The van der Waals surface area contributed by atoms with Crippen LogP contribution < -0.4 is 10.6 Å². The molecule has 1 aliphatic carbocycles. The van der Waals surface area contributed by atoms with Gasteiger partial charge < -0.3 is 10.6 Å². The average Bonchev–Trinajstić information content (AvgIpc) is 3.53. The Morgan fingerprint density at radius 1 is 1.21 bits per heavy atom. The van der Waals surface area contributed by atoms with Crippen LogP contribution in [0.15, 0.2) is 48.5 Å². The number of para-hydroxylation sites is 1. The number of hydrogen-bond donors (Lipinski definition) is 2. The molecule has 2 aromatic carbocycles. The number of non-ortho nitro benzene ring substituents is 1. The second-order valence-electron chi connectivity index (χ2n) is 7.49. The summed E-state index contributed by atoms with van der Waals surface area (Å²) in [5.41, 5.74) is 3.72. The quantitative estimate of drug-likeness (QED) is 0.457. The van der Waals surface area contributed by atoms with Crippen molar-refractivity contribution in [2.24, 2.45) is 5.92 Å². The van der Waals surface area contributed by atoms with Crippen molar-refractivity contribution in [2.45, 2.75) is 32.7 Å². The predicted octanol–water partition coefficient (Wildman–Crippen LogP) is 4.97. The van der Waals surface area contributed by atoms with Gasteiger partial charge in [-0.2, -0.15) is 0 Å². The van der Waals surface area contributed by atoms with E-state index >= 15 is 0 Å². The summed E-state index contributed by atoms with van der Waals surface area (Å²) in [6.45, 7) is 3.85. The summed E-state index contributed by atoms with van der Waals surface area (Å²) in [6.07, 6.45) is 1.95. The Labute approximate surface area is 168 Å². The maximum Gasteiger partial charge on any atom is 0.295 e. The number of hydrogen-bond acceptors (Lipinski definition) is 5. The van der Waals surface area contributed by atoms with Crippen molar-refractivity contribution < 1.29 is 9.72 Å². The summed E-state index contributed by atoms with van der Waals surface area (Å²) >= 11 is 0. The summed E-state index contributed by atoms with van der Waals surface area (Å²) in [5, 5.41) is 18.4. The summed E-state index contributed by atoms with van der Waals surface area (Å²) in [6, 6.07) is 14.6. The number of benzene rings is 2. The van der Waals surface area contributed by atoms with Gasteiger partial charge in [0.05, 0.1) is 4.92 Å². The Hall–Kier alpha value is -3.48. The second kappa shape index (κ2) is 7.50. The molecule has 1 amide bonds. The van der Waals surface area contributed by atoms with Crippen LogP contribution in [0.3, 0.4) is 0 Å². The Balaban J connectivity index is 1.57. The largest absolute Gasteiger partial charge is 0.378 e. The Morgan fingerprint density at radius 2 is 1.93 bits per heavy atom. The third-order valence-electron chi connectivity index (χ3n) is 5.14. The number of anilines is 2. The molecule has 0 spiro atoms. The number of fused-ring (bicyclic) bond motifs is 1. The van der Waals surface area contributed by atoms with Gasteiger partial charge in [-0.15, -0.1) is 0 Å². The van der Waals surface area contributed by atoms with Gasteiger partial charge >= 0.3 is 0 Å². The average molecular weight is 390 g/mol. The van der Waals surface area contributed by atoms with Crippen LogP contribution in [-0.4, -0.2) is 15.8 Å². The molecule has 0 bridgehead atoms. The highest BCUT2D eigenvalue weighted by atomic mass is 16.6. The van der Waals surface area contributed by atoms with Crippen LogP contribution in [0.5, 0.6) is 0 Å². The van der Waals surface area contributed by atoms with Crippen LogP contribution in [-0.2, 0) is 4.79 Å². The standard InChI is InChI=1S/C22H22N4O3/c1-13-12-19(18-4-3-5-20(26(28)29)21(18)23-13)24-14(2)15-8-10-17(11-9-15)25-22(27)16-6-7-16/h3-5,8-12,14,16H,6-7H2,1-2H3,(H,23,24)(H,25,27). The first-order valence-corrected chi connectivity index (χ1v) is 9.64. The molecule has 0 radical (unpaired) electrons. The first kappa shape index (κ1) is 18.9. The molecular weight excluding hydrogens is 368 g/mol. The Bertz CT molecular complexity index is 1090. The van der Waals surface area contributed by atoms with Crippen molar-refractivity contribution in [3.05, 3.63) is 69.9 Å². The lowest BCUT2D eigenvalue weighted by Crippen LogP contribution is -2.13. The highest BCUT2D eigenvalue weighted by Gasteiger charge is 2.29. The number of aromatic nitrogens is 1. The topological polar surface area (TPSA) is 97.2 Å². The molecule has 148 valence electrons. The number of nitro groups is 1. The molecule has 4 rings (SSSR count). The van der Waals surface area contributed by atoms with Crippen LogP contribution in [0.1, 0.15) is 37.1 Å². The first-order chi connectivity index (χ1) is 13.9. The second-order valence-corrected chi connectivity index (χ2v) is 7.49. The smallest absolute Gasteiger partial charge is 0.295 e. The highest BCUT2D eigenvalue weighted by Crippen LogP contribution is 2.33. The molecular formula is C22H22N4O3. The number of nitrogens with zero attached hydrogens (tertiary/aromatic N) is 2. The fourth-order valence-electron chi connectivity index (χ4n) is 3.39. The van der Waals surface area contributed by atoms with Crippen molar-refractivity contribution in [3.8, 4) is 0 Å². The molecule has 29 heavy (non-hydrogen) atoms. The summed E-state index contributed by atoms with van der Waals surface area (Å²) in [7, 11) is 0. The maximum absolute atomic E-state index is 11.9. The van der Waals surface area contributed by atoms with E-state index in [9.17, 15) is 14.9 Å². The molecule has 1 atom stereocenters. The van der Waals surface area contributed by atoms with Gasteiger partial charge in [-0.05, 0) is 50.5 Å². The van der Waals surface area contributed by atoms with Crippen LogP contribution in [0.2, 0.25) is 0 Å². The predicted molar refractivity (Wildman–Crippen MR) is 113 cm³/mol.